The van der Waals surface area contributed by atoms with Gasteiger partial charge in [0.15, 0.2) is 0 Å². The van der Waals surface area contributed by atoms with Crippen molar-refractivity contribution in [3.63, 3.8) is 0 Å². The largest absolute Gasteiger partial charge is 0.459 e. The monoisotopic (exact) mass is 439 g/mol. The molecule has 0 radical (unpaired) electrons. The fourth-order valence-electron chi connectivity index (χ4n) is 3.80. The molecule has 0 aromatic heterocycles. The Balaban J connectivity index is 1.68. The SMILES string of the molecule is C[C@H](NC(=O)C1(CSC(C)(C)C)CCc2ccccc2C1)C(=O)OCc1ccccc1. The van der Waals surface area contributed by atoms with Crippen molar-refractivity contribution in [1.29, 1.82) is 0 Å². The zero-order valence-corrected chi connectivity index (χ0v) is 19.8. The molecule has 1 unspecified atom stereocenters. The van der Waals surface area contributed by atoms with E-state index in [9.17, 15) is 9.59 Å². The highest BCUT2D eigenvalue weighted by molar-refractivity contribution is 8.00. The summed E-state index contributed by atoms with van der Waals surface area (Å²) in [5, 5.41) is 2.97. The zero-order valence-electron chi connectivity index (χ0n) is 18.9. The van der Waals surface area contributed by atoms with E-state index in [4.69, 9.17) is 4.74 Å². The highest BCUT2D eigenvalue weighted by Gasteiger charge is 2.43. The lowest BCUT2D eigenvalue weighted by molar-refractivity contribution is -0.149. The van der Waals surface area contributed by atoms with Crippen molar-refractivity contribution in [3.05, 3.63) is 71.3 Å². The lowest BCUT2D eigenvalue weighted by Gasteiger charge is -2.39. The summed E-state index contributed by atoms with van der Waals surface area (Å²) in [5.74, 6) is 0.262. The number of carbonyl (C=O) groups is 2. The van der Waals surface area contributed by atoms with Gasteiger partial charge >= 0.3 is 5.97 Å². The first kappa shape index (κ1) is 23.4. The summed E-state index contributed by atoms with van der Waals surface area (Å²) in [6, 6.07) is 17.2. The van der Waals surface area contributed by atoms with Gasteiger partial charge in [-0.25, -0.2) is 4.79 Å². The van der Waals surface area contributed by atoms with Crippen LogP contribution in [0.5, 0.6) is 0 Å². The second-order valence-corrected chi connectivity index (χ2v) is 11.2. The van der Waals surface area contributed by atoms with Crippen LogP contribution in [0.4, 0.5) is 0 Å². The van der Waals surface area contributed by atoms with Gasteiger partial charge in [0, 0.05) is 10.5 Å². The van der Waals surface area contributed by atoms with Crippen molar-refractivity contribution in [2.45, 2.75) is 64.4 Å². The molecule has 1 N–H and O–H groups in total. The van der Waals surface area contributed by atoms with Crippen LogP contribution in [0.3, 0.4) is 0 Å². The molecule has 5 heteroatoms. The predicted molar refractivity (Wildman–Crippen MR) is 127 cm³/mol. The number of aryl methyl sites for hydroxylation is 1. The first-order valence-electron chi connectivity index (χ1n) is 10.9. The van der Waals surface area contributed by atoms with Gasteiger partial charge in [-0.15, -0.1) is 0 Å². The minimum Gasteiger partial charge on any atom is -0.459 e. The zero-order chi connectivity index (χ0) is 22.5. The molecule has 2 aromatic carbocycles. The van der Waals surface area contributed by atoms with E-state index in [-0.39, 0.29) is 17.3 Å². The van der Waals surface area contributed by atoms with E-state index in [0.717, 1.165) is 24.2 Å². The van der Waals surface area contributed by atoms with E-state index in [0.29, 0.717) is 6.42 Å². The summed E-state index contributed by atoms with van der Waals surface area (Å²) in [6.07, 6.45) is 2.36. The van der Waals surface area contributed by atoms with Crippen LogP contribution in [0, 0.1) is 5.41 Å². The van der Waals surface area contributed by atoms with E-state index < -0.39 is 17.4 Å². The second kappa shape index (κ2) is 9.90. The lowest BCUT2D eigenvalue weighted by Crippen LogP contribution is -2.51. The molecule has 0 fully saturated rings. The molecule has 2 atom stereocenters. The van der Waals surface area contributed by atoms with Crippen molar-refractivity contribution >= 4 is 23.6 Å². The van der Waals surface area contributed by atoms with E-state index >= 15 is 0 Å². The normalized spacial score (nSPS) is 19.2. The average Bonchev–Trinajstić information content (AvgIpc) is 2.76. The molecule has 1 aliphatic rings. The quantitative estimate of drug-likeness (QED) is 0.621. The maximum atomic E-state index is 13.5. The molecule has 0 spiro atoms. The molecule has 166 valence electrons. The highest BCUT2D eigenvalue weighted by Crippen LogP contribution is 2.41. The summed E-state index contributed by atoms with van der Waals surface area (Å²) < 4.78 is 5.48. The maximum absolute atomic E-state index is 13.5. The Hall–Kier alpha value is -2.27. The third-order valence-electron chi connectivity index (χ3n) is 5.71. The fraction of sp³-hybridized carbons (Fsp3) is 0.462. The summed E-state index contributed by atoms with van der Waals surface area (Å²) in [4.78, 5) is 26.0. The van der Waals surface area contributed by atoms with Crippen LogP contribution in [0.2, 0.25) is 0 Å². The summed E-state index contributed by atoms with van der Waals surface area (Å²) >= 11 is 1.81. The number of fused-ring (bicyclic) bond motifs is 1. The van der Waals surface area contributed by atoms with Crippen LogP contribution >= 0.6 is 11.8 Å². The minimum absolute atomic E-state index is 0.0529. The van der Waals surface area contributed by atoms with Crippen LogP contribution in [-0.4, -0.2) is 28.4 Å². The number of esters is 1. The number of hydrogen-bond acceptors (Lipinski definition) is 4. The van der Waals surface area contributed by atoms with E-state index in [2.05, 4.69) is 44.3 Å². The number of amides is 1. The number of rotatable bonds is 7. The molecule has 0 bridgehead atoms. The topological polar surface area (TPSA) is 55.4 Å². The molecule has 4 nitrogen and oxygen atoms in total. The smallest absolute Gasteiger partial charge is 0.328 e. The molecule has 31 heavy (non-hydrogen) atoms. The van der Waals surface area contributed by atoms with Gasteiger partial charge < -0.3 is 10.1 Å². The van der Waals surface area contributed by atoms with Gasteiger partial charge in [0.1, 0.15) is 12.6 Å². The van der Waals surface area contributed by atoms with Crippen molar-refractivity contribution in [3.8, 4) is 0 Å². The minimum atomic E-state index is -0.690. The predicted octanol–water partition coefficient (Wildman–Crippen LogP) is 4.94. The van der Waals surface area contributed by atoms with E-state index in [1.165, 1.54) is 11.1 Å². The number of carbonyl (C=O) groups excluding carboxylic acids is 2. The molecule has 1 amide bonds. The van der Waals surface area contributed by atoms with E-state index in [1.54, 1.807) is 6.92 Å². The van der Waals surface area contributed by atoms with Crippen LogP contribution < -0.4 is 5.32 Å². The van der Waals surface area contributed by atoms with Gasteiger partial charge in [-0.1, -0.05) is 75.4 Å². The van der Waals surface area contributed by atoms with Crippen molar-refractivity contribution in [1.82, 2.24) is 5.32 Å². The Kier molecular flexibility index (Phi) is 7.47. The Morgan fingerprint density at radius 2 is 1.71 bits per heavy atom. The van der Waals surface area contributed by atoms with E-state index in [1.807, 2.05) is 48.2 Å². The van der Waals surface area contributed by atoms with Gasteiger partial charge in [0.25, 0.3) is 0 Å². The third-order valence-corrected chi connectivity index (χ3v) is 7.27. The summed E-state index contributed by atoms with van der Waals surface area (Å²) in [6.45, 7) is 8.42. The van der Waals surface area contributed by atoms with Crippen LogP contribution in [0.1, 0.15) is 50.8 Å². The molecule has 0 aliphatic heterocycles. The molecular formula is C26H33NO3S. The number of thioether (sulfide) groups is 1. The Morgan fingerprint density at radius 3 is 2.39 bits per heavy atom. The molecule has 0 saturated carbocycles. The first-order chi connectivity index (χ1) is 14.7. The summed E-state index contributed by atoms with van der Waals surface area (Å²) in [7, 11) is 0. The molecule has 3 rings (SSSR count). The fourth-order valence-corrected chi connectivity index (χ4v) is 4.89. The first-order valence-corrected chi connectivity index (χ1v) is 11.9. The van der Waals surface area contributed by atoms with Crippen molar-refractivity contribution in [2.24, 2.45) is 5.41 Å². The number of benzene rings is 2. The molecule has 0 heterocycles. The lowest BCUT2D eigenvalue weighted by atomic mass is 9.72. The Bertz CT molecular complexity index is 906. The van der Waals surface area contributed by atoms with Crippen LogP contribution in [-0.2, 0) is 33.8 Å². The molecule has 1 aliphatic carbocycles. The van der Waals surface area contributed by atoms with Gasteiger partial charge in [0.05, 0.1) is 5.41 Å². The number of ether oxygens (including phenoxy) is 1. The maximum Gasteiger partial charge on any atom is 0.328 e. The average molecular weight is 440 g/mol. The van der Waals surface area contributed by atoms with Gasteiger partial charge in [0.2, 0.25) is 5.91 Å². The van der Waals surface area contributed by atoms with Crippen molar-refractivity contribution < 1.29 is 14.3 Å². The van der Waals surface area contributed by atoms with Gasteiger partial charge in [-0.05, 0) is 42.9 Å². The van der Waals surface area contributed by atoms with Crippen molar-refractivity contribution in [2.75, 3.05) is 5.75 Å². The number of nitrogens with one attached hydrogen (secondary N) is 1. The molecule has 0 saturated heterocycles. The standard InChI is InChI=1S/C26H33NO3S/c1-19(23(28)30-17-20-10-6-5-7-11-20)27-24(29)26(18-31-25(2,3)4)15-14-21-12-8-9-13-22(21)16-26/h5-13,19H,14-18H2,1-4H3,(H,27,29)/t19-,26?/m0/s1. The van der Waals surface area contributed by atoms with Gasteiger partial charge in [-0.3, -0.25) is 4.79 Å². The number of hydrogen-bond donors (Lipinski definition) is 1. The Morgan fingerprint density at radius 1 is 1.06 bits per heavy atom. The Labute approximate surface area is 190 Å². The second-order valence-electron chi connectivity index (χ2n) is 9.42. The van der Waals surface area contributed by atoms with Crippen LogP contribution in [0.25, 0.3) is 0 Å². The van der Waals surface area contributed by atoms with Gasteiger partial charge in [-0.2, -0.15) is 11.8 Å². The molecule has 2 aromatic rings. The summed E-state index contributed by atoms with van der Waals surface area (Å²) in [5.41, 5.74) is 2.95. The van der Waals surface area contributed by atoms with Crippen LogP contribution in [0.15, 0.2) is 54.6 Å². The third kappa shape index (κ3) is 6.36. The highest BCUT2D eigenvalue weighted by atomic mass is 32.2. The molecular weight excluding hydrogens is 406 g/mol.